The van der Waals surface area contributed by atoms with Crippen molar-refractivity contribution in [3.63, 3.8) is 0 Å². The molecule has 0 bridgehead atoms. The van der Waals surface area contributed by atoms with E-state index in [0.29, 0.717) is 25.2 Å². The van der Waals surface area contributed by atoms with E-state index in [1.165, 1.54) is 6.42 Å². The van der Waals surface area contributed by atoms with Gasteiger partial charge in [-0.25, -0.2) is 0 Å². The Morgan fingerprint density at radius 2 is 2.19 bits per heavy atom. The van der Waals surface area contributed by atoms with Gasteiger partial charge in [-0.15, -0.1) is 0 Å². The molecule has 1 heterocycles. The fraction of sp³-hybridized carbons (Fsp3) is 0.917. The molecule has 2 N–H and O–H groups in total. The molecule has 4 nitrogen and oxygen atoms in total. The molecule has 2 unspecified atom stereocenters. The number of esters is 1. The Labute approximate surface area is 98.1 Å². The van der Waals surface area contributed by atoms with Gasteiger partial charge in [0, 0.05) is 18.6 Å². The third-order valence-electron chi connectivity index (χ3n) is 3.15. The van der Waals surface area contributed by atoms with Gasteiger partial charge >= 0.3 is 5.97 Å². The average Bonchev–Trinajstić information content (AvgIpc) is 2.20. The van der Waals surface area contributed by atoms with Gasteiger partial charge in [0.05, 0.1) is 12.6 Å². The van der Waals surface area contributed by atoms with Crippen molar-refractivity contribution < 1.29 is 9.53 Å². The summed E-state index contributed by atoms with van der Waals surface area (Å²) in [6, 6.07) is 0.769. The second kappa shape index (κ2) is 6.21. The third kappa shape index (κ3) is 3.76. The molecule has 0 amide bonds. The van der Waals surface area contributed by atoms with E-state index in [9.17, 15) is 4.79 Å². The molecule has 2 atom stereocenters. The van der Waals surface area contributed by atoms with Gasteiger partial charge < -0.3 is 10.5 Å². The van der Waals surface area contributed by atoms with Crippen molar-refractivity contribution in [3.05, 3.63) is 0 Å². The molecular weight excluding hydrogens is 204 g/mol. The van der Waals surface area contributed by atoms with Gasteiger partial charge in [0.2, 0.25) is 0 Å². The lowest BCUT2D eigenvalue weighted by Gasteiger charge is -2.39. The van der Waals surface area contributed by atoms with E-state index in [4.69, 9.17) is 10.5 Å². The van der Waals surface area contributed by atoms with Gasteiger partial charge in [-0.2, -0.15) is 0 Å². The first kappa shape index (κ1) is 13.5. The summed E-state index contributed by atoms with van der Waals surface area (Å²) in [6.45, 7) is 6.90. The summed E-state index contributed by atoms with van der Waals surface area (Å²) in [5, 5.41) is 0. The maximum absolute atomic E-state index is 11.6. The zero-order valence-electron chi connectivity index (χ0n) is 10.6. The van der Waals surface area contributed by atoms with Gasteiger partial charge in [0.1, 0.15) is 0 Å². The molecule has 0 aliphatic carbocycles. The van der Waals surface area contributed by atoms with E-state index in [2.05, 4.69) is 11.8 Å². The van der Waals surface area contributed by atoms with Crippen molar-refractivity contribution >= 4 is 5.97 Å². The van der Waals surface area contributed by atoms with Crippen LogP contribution in [-0.4, -0.2) is 42.1 Å². The summed E-state index contributed by atoms with van der Waals surface area (Å²) in [5.41, 5.74) is 5.74. The number of ether oxygens (including phenoxy) is 1. The van der Waals surface area contributed by atoms with Crippen LogP contribution in [0.1, 0.15) is 40.0 Å². The molecule has 0 saturated carbocycles. The minimum atomic E-state index is -0.137. The number of rotatable bonds is 4. The van der Waals surface area contributed by atoms with E-state index in [-0.39, 0.29) is 12.1 Å². The SMILES string of the molecule is CC(C)OC(=O)CN1C(C)CCCC1CN. The molecule has 1 aliphatic rings. The molecule has 94 valence electrons. The summed E-state index contributed by atoms with van der Waals surface area (Å²) >= 11 is 0. The number of hydrogen-bond acceptors (Lipinski definition) is 4. The Morgan fingerprint density at radius 1 is 1.50 bits per heavy atom. The smallest absolute Gasteiger partial charge is 0.320 e. The van der Waals surface area contributed by atoms with Crippen LogP contribution in [0.25, 0.3) is 0 Å². The Hall–Kier alpha value is -0.610. The molecule has 1 aliphatic heterocycles. The number of nitrogens with two attached hydrogens (primary N) is 1. The standard InChI is InChI=1S/C12H24N2O2/c1-9(2)16-12(15)8-14-10(3)5-4-6-11(14)7-13/h9-11H,4-8,13H2,1-3H3. The molecule has 1 fully saturated rings. The molecule has 4 heteroatoms. The Balaban J connectivity index is 2.50. The molecule has 0 spiro atoms. The van der Waals surface area contributed by atoms with Crippen LogP contribution in [-0.2, 0) is 9.53 Å². The fourth-order valence-electron chi connectivity index (χ4n) is 2.33. The van der Waals surface area contributed by atoms with Crippen molar-refractivity contribution in [3.8, 4) is 0 Å². The van der Waals surface area contributed by atoms with Gasteiger partial charge in [0.25, 0.3) is 0 Å². The lowest BCUT2D eigenvalue weighted by Crippen LogP contribution is -2.51. The third-order valence-corrected chi connectivity index (χ3v) is 3.15. The van der Waals surface area contributed by atoms with Gasteiger partial charge in [-0.05, 0) is 33.6 Å². The van der Waals surface area contributed by atoms with Crippen LogP contribution in [0.2, 0.25) is 0 Å². The van der Waals surface area contributed by atoms with Crippen molar-refractivity contribution in [1.82, 2.24) is 4.90 Å². The number of carbonyl (C=O) groups is 1. The first-order valence-electron chi connectivity index (χ1n) is 6.20. The van der Waals surface area contributed by atoms with Crippen LogP contribution in [0.4, 0.5) is 0 Å². The molecule has 1 saturated heterocycles. The highest BCUT2D eigenvalue weighted by atomic mass is 16.5. The number of hydrogen-bond donors (Lipinski definition) is 1. The van der Waals surface area contributed by atoms with Gasteiger partial charge in [-0.1, -0.05) is 6.42 Å². The largest absolute Gasteiger partial charge is 0.462 e. The molecule has 0 radical (unpaired) electrons. The quantitative estimate of drug-likeness (QED) is 0.733. The lowest BCUT2D eigenvalue weighted by atomic mass is 9.96. The van der Waals surface area contributed by atoms with E-state index in [1.54, 1.807) is 0 Å². The van der Waals surface area contributed by atoms with Crippen LogP contribution in [0.15, 0.2) is 0 Å². The fourth-order valence-corrected chi connectivity index (χ4v) is 2.33. The molecule has 0 aromatic carbocycles. The summed E-state index contributed by atoms with van der Waals surface area (Å²) in [5.74, 6) is -0.137. The first-order valence-corrected chi connectivity index (χ1v) is 6.20. The Kier molecular flexibility index (Phi) is 5.22. The van der Waals surface area contributed by atoms with Crippen LogP contribution < -0.4 is 5.73 Å². The molecule has 0 aromatic rings. The molecule has 0 aromatic heterocycles. The van der Waals surface area contributed by atoms with Crippen LogP contribution in [0.5, 0.6) is 0 Å². The summed E-state index contributed by atoms with van der Waals surface area (Å²) in [7, 11) is 0. The van der Waals surface area contributed by atoms with Crippen molar-refractivity contribution in [1.29, 1.82) is 0 Å². The monoisotopic (exact) mass is 228 g/mol. The van der Waals surface area contributed by atoms with Crippen molar-refractivity contribution in [2.24, 2.45) is 5.73 Å². The molecule has 1 rings (SSSR count). The average molecular weight is 228 g/mol. The number of likely N-dealkylation sites (tertiary alicyclic amines) is 1. The second-order valence-corrected chi connectivity index (χ2v) is 4.88. The highest BCUT2D eigenvalue weighted by Crippen LogP contribution is 2.21. The van der Waals surface area contributed by atoms with Gasteiger partial charge in [0.15, 0.2) is 0 Å². The van der Waals surface area contributed by atoms with E-state index in [0.717, 1.165) is 12.8 Å². The topological polar surface area (TPSA) is 55.6 Å². The lowest BCUT2D eigenvalue weighted by molar-refractivity contribution is -0.150. The number of nitrogens with zero attached hydrogens (tertiary/aromatic N) is 1. The summed E-state index contributed by atoms with van der Waals surface area (Å²) < 4.78 is 5.17. The predicted octanol–water partition coefficient (Wildman–Crippen LogP) is 1.14. The number of piperidine rings is 1. The highest BCUT2D eigenvalue weighted by Gasteiger charge is 2.28. The Bertz CT molecular complexity index is 231. The Morgan fingerprint density at radius 3 is 2.75 bits per heavy atom. The first-order chi connectivity index (χ1) is 7.54. The highest BCUT2D eigenvalue weighted by molar-refractivity contribution is 5.71. The van der Waals surface area contributed by atoms with Crippen LogP contribution in [0.3, 0.4) is 0 Å². The van der Waals surface area contributed by atoms with Crippen LogP contribution >= 0.6 is 0 Å². The van der Waals surface area contributed by atoms with E-state index >= 15 is 0 Å². The normalized spacial score (nSPS) is 27.1. The zero-order valence-corrected chi connectivity index (χ0v) is 10.6. The minimum absolute atomic E-state index is 0.0380. The second-order valence-electron chi connectivity index (χ2n) is 4.88. The summed E-state index contributed by atoms with van der Waals surface area (Å²) in [6.07, 6.45) is 3.41. The zero-order chi connectivity index (χ0) is 12.1. The van der Waals surface area contributed by atoms with E-state index in [1.807, 2.05) is 13.8 Å². The predicted molar refractivity (Wildman–Crippen MR) is 64.1 cm³/mol. The van der Waals surface area contributed by atoms with Crippen molar-refractivity contribution in [2.75, 3.05) is 13.1 Å². The maximum Gasteiger partial charge on any atom is 0.320 e. The number of carbonyl (C=O) groups excluding carboxylic acids is 1. The minimum Gasteiger partial charge on any atom is -0.462 e. The van der Waals surface area contributed by atoms with E-state index < -0.39 is 0 Å². The summed E-state index contributed by atoms with van der Waals surface area (Å²) in [4.78, 5) is 13.8. The van der Waals surface area contributed by atoms with Crippen LogP contribution in [0, 0.1) is 0 Å². The van der Waals surface area contributed by atoms with Gasteiger partial charge in [-0.3, -0.25) is 9.69 Å². The van der Waals surface area contributed by atoms with Crippen molar-refractivity contribution in [2.45, 2.75) is 58.2 Å². The molecule has 16 heavy (non-hydrogen) atoms. The maximum atomic E-state index is 11.6. The molecular formula is C12H24N2O2.